The first-order chi connectivity index (χ1) is 16.1. The van der Waals surface area contributed by atoms with Crippen LogP contribution in [0.1, 0.15) is 84.3 Å². The Morgan fingerprint density at radius 2 is 2.09 bits per heavy atom. The highest BCUT2D eigenvalue weighted by atomic mass is 32.1. The molecule has 0 radical (unpaired) electrons. The topological polar surface area (TPSA) is 70.5 Å². The summed E-state index contributed by atoms with van der Waals surface area (Å²) < 4.78 is 0. The number of nitrogens with zero attached hydrogens (tertiary/aromatic N) is 2. The van der Waals surface area contributed by atoms with Gasteiger partial charge in [-0.1, -0.05) is 38.0 Å². The lowest BCUT2D eigenvalue weighted by Crippen LogP contribution is -2.73. The van der Waals surface area contributed by atoms with Gasteiger partial charge >= 0.3 is 0 Å². The molecule has 7 atom stereocenters. The second kappa shape index (κ2) is 11.0. The van der Waals surface area contributed by atoms with Crippen LogP contribution < -0.4 is 0 Å². The summed E-state index contributed by atoms with van der Waals surface area (Å²) in [5.74, 6) is 0.233. The average Bonchev–Trinajstić information content (AvgIpc) is 3.19. The number of carbonyl (C=O) groups excluding carboxylic acids is 2. The summed E-state index contributed by atoms with van der Waals surface area (Å²) in [6.45, 7) is 14.6. The number of aliphatic hydroxyl groups is 1. The Balaban J connectivity index is 2.18. The number of aromatic nitrogens is 1. The number of ketones is 1. The largest absolute Gasteiger partial charge is 0.390 e. The maximum absolute atomic E-state index is 13.9. The number of piperidine rings is 1. The number of rotatable bonds is 7. The Hall–Kier alpha value is -1.63. The van der Waals surface area contributed by atoms with Crippen molar-refractivity contribution in [3.63, 3.8) is 0 Å². The zero-order chi connectivity index (χ0) is 25.2. The predicted molar refractivity (Wildman–Crippen MR) is 140 cm³/mol. The molecule has 1 aromatic rings. The Kier molecular flexibility index (Phi) is 8.70. The van der Waals surface area contributed by atoms with E-state index in [4.69, 9.17) is 0 Å². The molecule has 2 aliphatic rings. The van der Waals surface area contributed by atoms with Crippen molar-refractivity contribution in [2.75, 3.05) is 0 Å². The van der Waals surface area contributed by atoms with E-state index in [-0.39, 0.29) is 42.0 Å². The van der Waals surface area contributed by atoms with Crippen molar-refractivity contribution in [3.05, 3.63) is 33.3 Å². The number of hydrogen-bond donors (Lipinski definition) is 1. The summed E-state index contributed by atoms with van der Waals surface area (Å²) in [6, 6.07) is 0.119. The number of allylic oxidation sites excluding steroid dienone is 1. The SMILES string of the molecule is CCC(/C(C)=C/c1csc(C)n1)C1/C=C(/C)CCCC2C(C)C(C)C(=O)C(C)(C(O)CC=O)N12. The molecule has 0 saturated carbocycles. The van der Waals surface area contributed by atoms with Crippen molar-refractivity contribution < 1.29 is 14.7 Å². The van der Waals surface area contributed by atoms with Crippen LogP contribution in [0.2, 0.25) is 0 Å². The number of aryl methyl sites for hydroxylation is 1. The third-order valence-corrected chi connectivity index (χ3v) is 9.26. The van der Waals surface area contributed by atoms with Gasteiger partial charge < -0.3 is 9.90 Å². The quantitative estimate of drug-likeness (QED) is 0.400. The molecule has 0 bridgehead atoms. The molecule has 1 N–H and O–H groups in total. The number of carbonyl (C=O) groups is 2. The van der Waals surface area contributed by atoms with E-state index in [1.165, 1.54) is 11.1 Å². The minimum absolute atomic E-state index is 0.0360. The van der Waals surface area contributed by atoms with Crippen molar-refractivity contribution in [1.29, 1.82) is 0 Å². The normalized spacial score (nSPS) is 34.4. The lowest BCUT2D eigenvalue weighted by molar-refractivity contribution is -0.167. The zero-order valence-corrected chi connectivity index (χ0v) is 22.7. The Morgan fingerprint density at radius 1 is 1.38 bits per heavy atom. The molecule has 6 heteroatoms. The first-order valence-electron chi connectivity index (χ1n) is 12.8. The van der Waals surface area contributed by atoms with E-state index in [0.717, 1.165) is 42.7 Å². The molecule has 3 heterocycles. The molecule has 2 aliphatic heterocycles. The van der Waals surface area contributed by atoms with Crippen LogP contribution in [0.4, 0.5) is 0 Å². The van der Waals surface area contributed by atoms with Gasteiger partial charge in [-0.05, 0) is 71.3 Å². The molecule has 34 heavy (non-hydrogen) atoms. The van der Waals surface area contributed by atoms with Crippen molar-refractivity contribution in [2.24, 2.45) is 17.8 Å². The molecule has 3 rings (SSSR count). The third kappa shape index (κ3) is 5.00. The van der Waals surface area contributed by atoms with Crippen LogP contribution in [-0.2, 0) is 9.59 Å². The first kappa shape index (κ1) is 27.0. The Morgan fingerprint density at radius 3 is 2.68 bits per heavy atom. The Labute approximate surface area is 209 Å². The van der Waals surface area contributed by atoms with E-state index in [9.17, 15) is 14.7 Å². The summed E-state index contributed by atoms with van der Waals surface area (Å²) in [6.07, 6.45) is 8.18. The monoisotopic (exact) mass is 486 g/mol. The fourth-order valence-electron chi connectivity index (χ4n) is 6.32. The molecule has 0 amide bonds. The van der Waals surface area contributed by atoms with Crippen LogP contribution in [0.3, 0.4) is 0 Å². The van der Waals surface area contributed by atoms with Crippen LogP contribution in [0.15, 0.2) is 22.6 Å². The van der Waals surface area contributed by atoms with Gasteiger partial charge in [-0.2, -0.15) is 0 Å². The van der Waals surface area contributed by atoms with Crippen LogP contribution >= 0.6 is 11.3 Å². The van der Waals surface area contributed by atoms with Gasteiger partial charge in [0, 0.05) is 29.8 Å². The highest BCUT2D eigenvalue weighted by Gasteiger charge is 2.58. The van der Waals surface area contributed by atoms with Gasteiger partial charge in [0.2, 0.25) is 0 Å². The number of Topliss-reactive ketones (excluding diaryl/α,β-unsaturated/α-hetero) is 1. The highest BCUT2D eigenvalue weighted by molar-refractivity contribution is 7.09. The average molecular weight is 487 g/mol. The maximum Gasteiger partial charge on any atom is 0.158 e. The smallest absolute Gasteiger partial charge is 0.158 e. The summed E-state index contributed by atoms with van der Waals surface area (Å²) in [7, 11) is 0. The number of fused-ring (bicyclic) bond motifs is 1. The van der Waals surface area contributed by atoms with Crippen molar-refractivity contribution in [3.8, 4) is 0 Å². The lowest BCUT2D eigenvalue weighted by atomic mass is 9.65. The maximum atomic E-state index is 13.9. The van der Waals surface area contributed by atoms with E-state index in [0.29, 0.717) is 0 Å². The van der Waals surface area contributed by atoms with E-state index in [2.05, 4.69) is 55.1 Å². The van der Waals surface area contributed by atoms with Gasteiger partial charge in [0.05, 0.1) is 16.8 Å². The molecule has 7 unspecified atom stereocenters. The van der Waals surface area contributed by atoms with Crippen LogP contribution in [0, 0.1) is 24.7 Å². The van der Waals surface area contributed by atoms with Crippen LogP contribution in [0.5, 0.6) is 0 Å². The zero-order valence-electron chi connectivity index (χ0n) is 21.9. The first-order valence-corrected chi connectivity index (χ1v) is 13.7. The Bertz CT molecular complexity index is 951. The summed E-state index contributed by atoms with van der Waals surface area (Å²) in [5.41, 5.74) is 2.42. The molecule has 1 fully saturated rings. The predicted octanol–water partition coefficient (Wildman–Crippen LogP) is 5.61. The van der Waals surface area contributed by atoms with Crippen LogP contribution in [0.25, 0.3) is 6.08 Å². The van der Waals surface area contributed by atoms with E-state index >= 15 is 0 Å². The summed E-state index contributed by atoms with van der Waals surface area (Å²) in [5, 5.41) is 14.4. The van der Waals surface area contributed by atoms with E-state index in [1.54, 1.807) is 11.3 Å². The van der Waals surface area contributed by atoms with Gasteiger partial charge in [0.1, 0.15) is 11.8 Å². The van der Waals surface area contributed by atoms with Crippen LogP contribution in [-0.4, -0.2) is 50.8 Å². The fourth-order valence-corrected chi connectivity index (χ4v) is 6.89. The van der Waals surface area contributed by atoms with Gasteiger partial charge in [-0.15, -0.1) is 11.3 Å². The number of aliphatic hydroxyl groups excluding tert-OH is 1. The molecule has 5 nitrogen and oxygen atoms in total. The van der Waals surface area contributed by atoms with Crippen molar-refractivity contribution in [2.45, 2.75) is 104 Å². The number of aldehydes is 1. The van der Waals surface area contributed by atoms with E-state index in [1.807, 2.05) is 20.8 Å². The second-order valence-corrected chi connectivity index (χ2v) is 11.7. The lowest BCUT2D eigenvalue weighted by Gasteiger charge is -2.59. The summed E-state index contributed by atoms with van der Waals surface area (Å²) >= 11 is 1.65. The highest BCUT2D eigenvalue weighted by Crippen LogP contribution is 2.46. The second-order valence-electron chi connectivity index (χ2n) is 10.6. The molecule has 0 spiro atoms. The van der Waals surface area contributed by atoms with Crippen molar-refractivity contribution in [1.82, 2.24) is 9.88 Å². The minimum Gasteiger partial charge on any atom is -0.390 e. The summed E-state index contributed by atoms with van der Waals surface area (Å²) in [4.78, 5) is 32.3. The van der Waals surface area contributed by atoms with Crippen molar-refractivity contribution >= 4 is 29.5 Å². The van der Waals surface area contributed by atoms with Gasteiger partial charge in [0.25, 0.3) is 0 Å². The standard InChI is InChI=1S/C28H42N2O3S/c1-8-23(18(3)15-22-16-34-21(6)29-22)25-14-17(2)10-9-11-24-19(4)20(5)27(33)28(7,30(24)25)26(32)12-13-31/h13-16,19-20,23-26,32H,8-12H2,1-7H3/b17-14-,18-15+. The molecular formula is C28H42N2O3S. The molecule has 1 saturated heterocycles. The molecular weight excluding hydrogens is 444 g/mol. The third-order valence-electron chi connectivity index (χ3n) is 8.47. The van der Waals surface area contributed by atoms with Gasteiger partial charge in [-0.25, -0.2) is 4.98 Å². The van der Waals surface area contributed by atoms with Gasteiger partial charge in [0.15, 0.2) is 5.78 Å². The number of thiazole rings is 1. The molecule has 0 aliphatic carbocycles. The van der Waals surface area contributed by atoms with E-state index < -0.39 is 11.6 Å². The van der Waals surface area contributed by atoms with Gasteiger partial charge in [-0.3, -0.25) is 9.69 Å². The molecule has 0 aromatic carbocycles. The number of hydrogen-bond acceptors (Lipinski definition) is 6. The minimum atomic E-state index is -1.11. The molecule has 1 aromatic heterocycles. The fraction of sp³-hybridized carbons (Fsp3) is 0.679. The molecule has 188 valence electrons.